The number of rotatable bonds is 2. The molecule has 17 heavy (non-hydrogen) atoms. The second-order valence-corrected chi connectivity index (χ2v) is 4.99. The van der Waals surface area contributed by atoms with Crippen LogP contribution in [0.1, 0.15) is 18.5 Å². The molecule has 88 valence electrons. The molecule has 0 amide bonds. The van der Waals surface area contributed by atoms with E-state index in [4.69, 9.17) is 5.73 Å². The summed E-state index contributed by atoms with van der Waals surface area (Å²) in [5, 5.41) is 9.72. The Balaban J connectivity index is 2.50. The molecule has 0 aliphatic rings. The molecular weight excluding hydrogens is 278 g/mol. The van der Waals surface area contributed by atoms with Gasteiger partial charge in [-0.2, -0.15) is 0 Å². The maximum absolute atomic E-state index is 9.72. The van der Waals surface area contributed by atoms with Gasteiger partial charge in [-0.3, -0.25) is 0 Å². The highest BCUT2D eigenvalue weighted by atomic mass is 79.9. The zero-order valence-corrected chi connectivity index (χ0v) is 11.1. The summed E-state index contributed by atoms with van der Waals surface area (Å²) in [6.07, 6.45) is 0. The van der Waals surface area contributed by atoms with Crippen molar-refractivity contribution in [3.05, 3.63) is 52.5 Å². The lowest BCUT2D eigenvalue weighted by atomic mass is 9.99. The van der Waals surface area contributed by atoms with Crippen LogP contribution in [0.5, 0.6) is 5.75 Å². The maximum atomic E-state index is 9.72. The van der Waals surface area contributed by atoms with Crippen molar-refractivity contribution >= 4 is 15.9 Å². The van der Waals surface area contributed by atoms with Crippen LogP contribution in [0, 0.1) is 0 Å². The van der Waals surface area contributed by atoms with Crippen LogP contribution in [0.2, 0.25) is 0 Å². The minimum atomic E-state index is -0.179. The van der Waals surface area contributed by atoms with Gasteiger partial charge >= 0.3 is 0 Å². The number of phenolic OH excluding ortho intramolecular Hbond substituents is 1. The van der Waals surface area contributed by atoms with Gasteiger partial charge in [0.2, 0.25) is 0 Å². The van der Waals surface area contributed by atoms with Gasteiger partial charge in [0.25, 0.3) is 0 Å². The van der Waals surface area contributed by atoms with E-state index in [9.17, 15) is 5.11 Å². The molecule has 0 saturated heterocycles. The normalized spacial score (nSPS) is 12.4. The number of hydrogen-bond acceptors (Lipinski definition) is 2. The topological polar surface area (TPSA) is 46.2 Å². The first-order valence-electron chi connectivity index (χ1n) is 5.42. The molecule has 0 spiro atoms. The third-order valence-corrected chi connectivity index (χ3v) is 3.17. The molecule has 2 rings (SSSR count). The van der Waals surface area contributed by atoms with E-state index in [0.717, 1.165) is 21.2 Å². The van der Waals surface area contributed by atoms with Crippen LogP contribution in [0.3, 0.4) is 0 Å². The van der Waals surface area contributed by atoms with E-state index >= 15 is 0 Å². The molecule has 2 nitrogen and oxygen atoms in total. The van der Waals surface area contributed by atoms with Crippen molar-refractivity contribution in [2.24, 2.45) is 5.73 Å². The van der Waals surface area contributed by atoms with Crippen molar-refractivity contribution < 1.29 is 5.11 Å². The predicted octanol–water partition coefficient (Wildman–Crippen LogP) is 3.84. The Morgan fingerprint density at radius 3 is 2.47 bits per heavy atom. The first-order chi connectivity index (χ1) is 8.08. The fourth-order valence-electron chi connectivity index (χ4n) is 1.77. The van der Waals surface area contributed by atoms with E-state index in [1.807, 2.05) is 43.3 Å². The first kappa shape index (κ1) is 12.1. The minimum Gasteiger partial charge on any atom is -0.508 e. The molecule has 1 unspecified atom stereocenters. The number of nitrogens with two attached hydrogens (primary N) is 1. The average molecular weight is 292 g/mol. The van der Waals surface area contributed by atoms with Crippen molar-refractivity contribution in [3.8, 4) is 16.9 Å². The molecule has 0 aliphatic heterocycles. The van der Waals surface area contributed by atoms with Crippen molar-refractivity contribution in [1.29, 1.82) is 0 Å². The molecule has 3 heteroatoms. The lowest BCUT2D eigenvalue weighted by Gasteiger charge is -2.11. The third kappa shape index (κ3) is 2.68. The third-order valence-electron chi connectivity index (χ3n) is 2.68. The number of hydrogen-bond donors (Lipinski definition) is 2. The summed E-state index contributed by atoms with van der Waals surface area (Å²) in [6.45, 7) is 1.86. The van der Waals surface area contributed by atoms with Gasteiger partial charge in [-0.15, -0.1) is 0 Å². The second-order valence-electron chi connectivity index (χ2n) is 4.07. The van der Waals surface area contributed by atoms with Gasteiger partial charge in [-0.05, 0) is 42.3 Å². The zero-order valence-electron chi connectivity index (χ0n) is 9.52. The van der Waals surface area contributed by atoms with Crippen LogP contribution >= 0.6 is 15.9 Å². The Morgan fingerprint density at radius 1 is 1.12 bits per heavy atom. The fourth-order valence-corrected chi connectivity index (χ4v) is 2.17. The van der Waals surface area contributed by atoms with Gasteiger partial charge in [0.05, 0.1) is 0 Å². The molecule has 3 N–H and O–H groups in total. The Labute approximate surface area is 109 Å². The first-order valence-corrected chi connectivity index (χ1v) is 6.21. The summed E-state index contributed by atoms with van der Waals surface area (Å²) in [6, 6.07) is 13.4. The van der Waals surface area contributed by atoms with Gasteiger partial charge in [0.1, 0.15) is 5.75 Å². The number of phenols is 1. The standard InChI is InChI=1S/C14H14BrNO/c1-9(16)13-8-11(5-6-14(13)17)10-3-2-4-12(15)7-10/h2-9,17H,16H2,1H3. The van der Waals surface area contributed by atoms with E-state index < -0.39 is 0 Å². The highest BCUT2D eigenvalue weighted by Crippen LogP contribution is 2.30. The summed E-state index contributed by atoms with van der Waals surface area (Å²) < 4.78 is 1.03. The molecule has 0 saturated carbocycles. The van der Waals surface area contributed by atoms with Crippen molar-refractivity contribution in [2.75, 3.05) is 0 Å². The van der Waals surface area contributed by atoms with E-state index in [1.165, 1.54) is 0 Å². The van der Waals surface area contributed by atoms with Crippen molar-refractivity contribution in [1.82, 2.24) is 0 Å². The lowest BCUT2D eigenvalue weighted by molar-refractivity contribution is 0.464. The van der Waals surface area contributed by atoms with Gasteiger partial charge in [-0.25, -0.2) is 0 Å². The van der Waals surface area contributed by atoms with Crippen LogP contribution < -0.4 is 5.73 Å². The van der Waals surface area contributed by atoms with E-state index in [-0.39, 0.29) is 11.8 Å². The van der Waals surface area contributed by atoms with Gasteiger partial charge < -0.3 is 10.8 Å². The lowest BCUT2D eigenvalue weighted by Crippen LogP contribution is -2.05. The molecule has 0 bridgehead atoms. The summed E-state index contributed by atoms with van der Waals surface area (Å²) in [7, 11) is 0. The van der Waals surface area contributed by atoms with Crippen LogP contribution in [0.15, 0.2) is 46.9 Å². The summed E-state index contributed by atoms with van der Waals surface area (Å²) >= 11 is 3.45. The fraction of sp³-hybridized carbons (Fsp3) is 0.143. The Hall–Kier alpha value is -1.32. The van der Waals surface area contributed by atoms with Gasteiger partial charge in [0, 0.05) is 16.1 Å². The van der Waals surface area contributed by atoms with Crippen LogP contribution in [-0.4, -0.2) is 5.11 Å². The highest BCUT2D eigenvalue weighted by molar-refractivity contribution is 9.10. The quantitative estimate of drug-likeness (QED) is 0.883. The summed E-state index contributed by atoms with van der Waals surface area (Å²) in [4.78, 5) is 0. The molecule has 2 aromatic carbocycles. The molecule has 0 radical (unpaired) electrons. The Morgan fingerprint density at radius 2 is 1.82 bits per heavy atom. The maximum Gasteiger partial charge on any atom is 0.120 e. The molecule has 0 aromatic heterocycles. The monoisotopic (exact) mass is 291 g/mol. The zero-order chi connectivity index (χ0) is 12.4. The smallest absolute Gasteiger partial charge is 0.120 e. The highest BCUT2D eigenvalue weighted by Gasteiger charge is 2.08. The van der Waals surface area contributed by atoms with Gasteiger partial charge in [0.15, 0.2) is 0 Å². The Bertz CT molecular complexity index is 537. The van der Waals surface area contributed by atoms with Crippen LogP contribution in [0.4, 0.5) is 0 Å². The van der Waals surface area contributed by atoms with Crippen molar-refractivity contribution in [3.63, 3.8) is 0 Å². The predicted molar refractivity (Wildman–Crippen MR) is 73.8 cm³/mol. The second kappa shape index (κ2) is 4.90. The van der Waals surface area contributed by atoms with Gasteiger partial charge in [-0.1, -0.05) is 34.1 Å². The summed E-state index contributed by atoms with van der Waals surface area (Å²) in [5.74, 6) is 0.249. The van der Waals surface area contributed by atoms with E-state index in [0.29, 0.717) is 0 Å². The van der Waals surface area contributed by atoms with Crippen LogP contribution in [0.25, 0.3) is 11.1 Å². The minimum absolute atomic E-state index is 0.179. The summed E-state index contributed by atoms with van der Waals surface area (Å²) in [5.41, 5.74) is 8.74. The number of halogens is 1. The molecule has 0 heterocycles. The largest absolute Gasteiger partial charge is 0.508 e. The molecule has 0 aliphatic carbocycles. The van der Waals surface area contributed by atoms with Crippen LogP contribution in [-0.2, 0) is 0 Å². The molecule has 2 aromatic rings. The Kier molecular flexibility index (Phi) is 3.50. The number of benzene rings is 2. The van der Waals surface area contributed by atoms with E-state index in [2.05, 4.69) is 15.9 Å². The van der Waals surface area contributed by atoms with Crippen molar-refractivity contribution in [2.45, 2.75) is 13.0 Å². The van der Waals surface area contributed by atoms with E-state index in [1.54, 1.807) is 6.07 Å². The molecular formula is C14H14BrNO. The molecule has 1 atom stereocenters. The average Bonchev–Trinajstić information content (AvgIpc) is 2.29. The number of aromatic hydroxyl groups is 1. The molecule has 0 fully saturated rings. The SMILES string of the molecule is CC(N)c1cc(-c2cccc(Br)c2)ccc1O.